The molecule has 0 radical (unpaired) electrons. The Morgan fingerprint density at radius 2 is 1.85 bits per heavy atom. The molecule has 34 heavy (non-hydrogen) atoms. The Kier molecular flexibility index (Phi) is 7.30. The molecule has 3 aromatic rings. The highest BCUT2D eigenvalue weighted by molar-refractivity contribution is 5.99. The van der Waals surface area contributed by atoms with Gasteiger partial charge in [0.05, 0.1) is 12.8 Å². The van der Waals surface area contributed by atoms with E-state index in [1.54, 1.807) is 34.0 Å². The van der Waals surface area contributed by atoms with E-state index in [1.165, 1.54) is 11.8 Å². The van der Waals surface area contributed by atoms with Crippen LogP contribution in [0.5, 0.6) is 0 Å². The van der Waals surface area contributed by atoms with E-state index in [1.807, 2.05) is 32.0 Å². The highest BCUT2D eigenvalue weighted by Crippen LogP contribution is 2.27. The number of hydrogen-bond acceptors (Lipinski definition) is 4. The molecule has 1 saturated heterocycles. The molecule has 1 fully saturated rings. The molecule has 7 nitrogen and oxygen atoms in total. The van der Waals surface area contributed by atoms with Gasteiger partial charge in [0.1, 0.15) is 16.9 Å². The van der Waals surface area contributed by atoms with Crippen LogP contribution < -0.4 is 10.7 Å². The molecule has 1 atom stereocenters. The second kappa shape index (κ2) is 10.5. The molecule has 0 bridgehead atoms. The van der Waals surface area contributed by atoms with Gasteiger partial charge in [-0.3, -0.25) is 14.4 Å². The van der Waals surface area contributed by atoms with Gasteiger partial charge in [-0.25, -0.2) is 0 Å². The molecule has 4 rings (SSSR count). The van der Waals surface area contributed by atoms with E-state index >= 15 is 0 Å². The van der Waals surface area contributed by atoms with Crippen LogP contribution in [0.1, 0.15) is 64.6 Å². The van der Waals surface area contributed by atoms with Crippen LogP contribution >= 0.6 is 0 Å². The van der Waals surface area contributed by atoms with Crippen LogP contribution in [-0.2, 0) is 13.1 Å². The zero-order valence-electron chi connectivity index (χ0n) is 19.7. The summed E-state index contributed by atoms with van der Waals surface area (Å²) in [5.41, 5.74) is 0.668. The highest BCUT2D eigenvalue weighted by Gasteiger charge is 2.28. The van der Waals surface area contributed by atoms with Gasteiger partial charge < -0.3 is 19.2 Å². The third kappa shape index (κ3) is 5.47. The maximum Gasteiger partial charge on any atom is 0.259 e. The minimum Gasteiger partial charge on any atom is -0.467 e. The summed E-state index contributed by atoms with van der Waals surface area (Å²) in [6, 6.07) is 13.6. The Hall–Kier alpha value is -3.61. The predicted octanol–water partition coefficient (Wildman–Crippen LogP) is 4.05. The topological polar surface area (TPSA) is 84.5 Å². The lowest BCUT2D eigenvalue weighted by molar-refractivity contribution is 0.0704. The first kappa shape index (κ1) is 23.5. The number of carbonyl (C=O) groups is 2. The molecule has 3 heterocycles. The van der Waals surface area contributed by atoms with Crippen LogP contribution in [0.3, 0.4) is 0 Å². The molecule has 0 saturated carbocycles. The predicted molar refractivity (Wildman–Crippen MR) is 130 cm³/mol. The van der Waals surface area contributed by atoms with Crippen molar-refractivity contribution < 1.29 is 14.0 Å². The first-order chi connectivity index (χ1) is 16.4. The lowest BCUT2D eigenvalue weighted by Gasteiger charge is -2.33. The summed E-state index contributed by atoms with van der Waals surface area (Å²) in [6.45, 7) is 6.00. The molecule has 1 aliphatic heterocycles. The summed E-state index contributed by atoms with van der Waals surface area (Å²) in [4.78, 5) is 41.5. The summed E-state index contributed by atoms with van der Waals surface area (Å²) < 4.78 is 7.03. The Balaban J connectivity index is 1.60. The van der Waals surface area contributed by atoms with Gasteiger partial charge in [-0.05, 0) is 36.5 Å². The van der Waals surface area contributed by atoms with Gasteiger partial charge in [0.2, 0.25) is 5.43 Å². The number of aromatic nitrogens is 1. The minimum atomic E-state index is -0.538. The van der Waals surface area contributed by atoms with Gasteiger partial charge in [-0.15, -0.1) is 0 Å². The number of benzene rings is 1. The van der Waals surface area contributed by atoms with E-state index in [4.69, 9.17) is 4.42 Å². The Bertz CT molecular complexity index is 1180. The molecule has 2 aromatic heterocycles. The van der Waals surface area contributed by atoms with Gasteiger partial charge >= 0.3 is 0 Å². The lowest BCUT2D eigenvalue weighted by Crippen LogP contribution is -2.42. The smallest absolute Gasteiger partial charge is 0.259 e. The number of pyridine rings is 1. The lowest BCUT2D eigenvalue weighted by atomic mass is 9.90. The van der Waals surface area contributed by atoms with Crippen molar-refractivity contribution in [3.63, 3.8) is 0 Å². The number of rotatable bonds is 7. The summed E-state index contributed by atoms with van der Waals surface area (Å²) in [5.74, 6) is 0.264. The van der Waals surface area contributed by atoms with Gasteiger partial charge in [0.15, 0.2) is 0 Å². The van der Waals surface area contributed by atoms with Crippen molar-refractivity contribution in [2.24, 2.45) is 5.92 Å². The van der Waals surface area contributed by atoms with E-state index < -0.39 is 11.3 Å². The van der Waals surface area contributed by atoms with Crippen molar-refractivity contribution in [2.75, 3.05) is 13.1 Å². The van der Waals surface area contributed by atoms with Crippen molar-refractivity contribution in [3.8, 4) is 0 Å². The fourth-order valence-electron chi connectivity index (χ4n) is 4.48. The fourth-order valence-corrected chi connectivity index (χ4v) is 4.48. The van der Waals surface area contributed by atoms with Crippen molar-refractivity contribution in [2.45, 2.75) is 45.7 Å². The van der Waals surface area contributed by atoms with Crippen LogP contribution in [0.15, 0.2) is 70.3 Å². The molecule has 178 valence electrons. The third-order valence-corrected chi connectivity index (χ3v) is 6.11. The summed E-state index contributed by atoms with van der Waals surface area (Å²) in [7, 11) is 0. The zero-order valence-corrected chi connectivity index (χ0v) is 19.7. The van der Waals surface area contributed by atoms with Gasteiger partial charge in [-0.2, -0.15) is 0 Å². The number of hydrogen-bond donors (Lipinski definition) is 1. The van der Waals surface area contributed by atoms with Crippen molar-refractivity contribution in [1.29, 1.82) is 0 Å². The van der Waals surface area contributed by atoms with E-state index in [2.05, 4.69) is 17.4 Å². The number of likely N-dealkylation sites (tertiary alicyclic amines) is 1. The number of carbonyl (C=O) groups excluding carboxylic acids is 2. The minimum absolute atomic E-state index is 0.0327. The second-order valence-electron chi connectivity index (χ2n) is 9.27. The van der Waals surface area contributed by atoms with Crippen LogP contribution in [0.25, 0.3) is 0 Å². The molecule has 1 aliphatic rings. The molecule has 0 spiro atoms. The number of nitrogens with one attached hydrogen (secondary N) is 1. The largest absolute Gasteiger partial charge is 0.467 e. The second-order valence-corrected chi connectivity index (χ2v) is 9.27. The Labute approximate surface area is 199 Å². The molecule has 2 amide bonds. The standard InChI is InChI=1S/C27H31N3O4/c1-19(2)15-29-17-23(26(32)28-14-22-11-7-13-34-22)25(31)24(18-29)27(33)30-12-6-10-21(16-30)20-8-4-3-5-9-20/h3-5,7-9,11,13,17-19,21H,6,10,12,14-16H2,1-2H3,(H,28,32). The number of furan rings is 1. The average molecular weight is 462 g/mol. The van der Waals surface area contributed by atoms with Crippen LogP contribution in [0.4, 0.5) is 0 Å². The molecule has 1 N–H and O–H groups in total. The van der Waals surface area contributed by atoms with Crippen molar-refractivity contribution >= 4 is 11.8 Å². The highest BCUT2D eigenvalue weighted by atomic mass is 16.3. The maximum atomic E-state index is 13.5. The summed E-state index contributed by atoms with van der Waals surface area (Å²) >= 11 is 0. The van der Waals surface area contributed by atoms with E-state index in [0.29, 0.717) is 25.4 Å². The van der Waals surface area contributed by atoms with Crippen molar-refractivity contribution in [1.82, 2.24) is 14.8 Å². The molecular weight excluding hydrogens is 430 g/mol. The number of amides is 2. The van der Waals surface area contributed by atoms with Gasteiger partial charge in [0, 0.05) is 37.9 Å². The Morgan fingerprint density at radius 1 is 1.09 bits per heavy atom. The first-order valence-electron chi connectivity index (χ1n) is 11.8. The van der Waals surface area contributed by atoms with Gasteiger partial charge in [0.25, 0.3) is 11.8 Å². The first-order valence-corrected chi connectivity index (χ1v) is 11.8. The van der Waals surface area contributed by atoms with Crippen molar-refractivity contribution in [3.05, 3.63) is 93.8 Å². The normalized spacial score (nSPS) is 16.0. The van der Waals surface area contributed by atoms with E-state index in [0.717, 1.165) is 12.8 Å². The van der Waals surface area contributed by atoms with Crippen LogP contribution in [-0.4, -0.2) is 34.4 Å². The fraction of sp³-hybridized carbons (Fsp3) is 0.370. The number of nitrogens with zero attached hydrogens (tertiary/aromatic N) is 2. The molecular formula is C27H31N3O4. The quantitative estimate of drug-likeness (QED) is 0.575. The molecule has 7 heteroatoms. The molecule has 1 aromatic carbocycles. The third-order valence-electron chi connectivity index (χ3n) is 6.11. The van der Waals surface area contributed by atoms with Crippen LogP contribution in [0, 0.1) is 5.92 Å². The summed E-state index contributed by atoms with van der Waals surface area (Å²) in [5, 5.41) is 2.73. The Morgan fingerprint density at radius 3 is 2.56 bits per heavy atom. The number of piperidine rings is 1. The SMILES string of the molecule is CC(C)Cn1cc(C(=O)NCc2ccco2)c(=O)c(C(=O)N2CCCC(c3ccccc3)C2)c1. The molecule has 0 aliphatic carbocycles. The van der Waals surface area contributed by atoms with E-state index in [9.17, 15) is 14.4 Å². The van der Waals surface area contributed by atoms with Crippen LogP contribution in [0.2, 0.25) is 0 Å². The molecule has 1 unspecified atom stereocenters. The van der Waals surface area contributed by atoms with Gasteiger partial charge in [-0.1, -0.05) is 44.2 Å². The zero-order chi connectivity index (χ0) is 24.1. The maximum absolute atomic E-state index is 13.5. The average Bonchev–Trinajstić information content (AvgIpc) is 3.37. The summed E-state index contributed by atoms with van der Waals surface area (Å²) in [6.07, 6.45) is 6.53. The monoisotopic (exact) mass is 461 g/mol. The van der Waals surface area contributed by atoms with E-state index in [-0.39, 0.29) is 35.4 Å².